The summed E-state index contributed by atoms with van der Waals surface area (Å²) in [6.07, 6.45) is -0.663. The number of likely N-dealkylation sites (N-methyl/N-ethyl adjacent to an activating group) is 1. The second kappa shape index (κ2) is 6.74. The Morgan fingerprint density at radius 1 is 1.28 bits per heavy atom. The highest BCUT2D eigenvalue weighted by atomic mass is 35.5. The molecule has 1 aliphatic heterocycles. The zero-order valence-corrected chi connectivity index (χ0v) is 14.3. The van der Waals surface area contributed by atoms with Crippen LogP contribution in [0.4, 0.5) is 10.5 Å². The van der Waals surface area contributed by atoms with E-state index >= 15 is 0 Å². The van der Waals surface area contributed by atoms with Crippen molar-refractivity contribution in [2.24, 2.45) is 5.73 Å². The van der Waals surface area contributed by atoms with Crippen LogP contribution in [0.2, 0.25) is 5.02 Å². The minimum atomic E-state index is -0.973. The summed E-state index contributed by atoms with van der Waals surface area (Å²) in [5, 5.41) is 13.7. The van der Waals surface area contributed by atoms with Crippen molar-refractivity contribution in [2.45, 2.75) is 18.6 Å². The van der Waals surface area contributed by atoms with E-state index in [4.69, 9.17) is 17.3 Å². The first-order chi connectivity index (χ1) is 11.9. The van der Waals surface area contributed by atoms with Crippen LogP contribution in [0.1, 0.15) is 22.8 Å². The van der Waals surface area contributed by atoms with Gasteiger partial charge in [0, 0.05) is 29.6 Å². The zero-order chi connectivity index (χ0) is 18.1. The summed E-state index contributed by atoms with van der Waals surface area (Å²) in [4.78, 5) is 25.1. The number of nitrogens with one attached hydrogen (secondary N) is 1. The zero-order valence-electron chi connectivity index (χ0n) is 13.6. The van der Waals surface area contributed by atoms with Crippen molar-refractivity contribution in [1.82, 2.24) is 5.32 Å². The van der Waals surface area contributed by atoms with Crippen LogP contribution in [-0.4, -0.2) is 30.1 Å². The first-order valence-electron chi connectivity index (χ1n) is 7.78. The van der Waals surface area contributed by atoms with E-state index in [1.807, 2.05) is 6.07 Å². The van der Waals surface area contributed by atoms with Gasteiger partial charge in [-0.2, -0.15) is 0 Å². The van der Waals surface area contributed by atoms with Gasteiger partial charge in [-0.05, 0) is 11.6 Å². The Labute approximate surface area is 150 Å². The smallest absolute Gasteiger partial charge is 0.312 e. The number of primary amides is 1. The van der Waals surface area contributed by atoms with Crippen molar-refractivity contribution >= 4 is 29.2 Å². The monoisotopic (exact) mass is 359 g/mol. The third kappa shape index (κ3) is 3.18. The lowest BCUT2D eigenvalue weighted by Crippen LogP contribution is -2.53. The van der Waals surface area contributed by atoms with Crippen molar-refractivity contribution in [3.05, 3.63) is 64.2 Å². The van der Waals surface area contributed by atoms with Crippen LogP contribution in [0, 0.1) is 0 Å². The maximum absolute atomic E-state index is 12.5. The quantitative estimate of drug-likeness (QED) is 0.781. The van der Waals surface area contributed by atoms with Gasteiger partial charge in [0.1, 0.15) is 12.1 Å². The highest BCUT2D eigenvalue weighted by Gasteiger charge is 2.34. The number of aliphatic hydroxyl groups is 1. The number of benzene rings is 2. The molecule has 3 rings (SSSR count). The summed E-state index contributed by atoms with van der Waals surface area (Å²) in [7, 11) is 1.61. The van der Waals surface area contributed by atoms with Gasteiger partial charge in [0.15, 0.2) is 0 Å². The molecule has 0 radical (unpaired) electrons. The fourth-order valence-corrected chi connectivity index (χ4v) is 3.44. The van der Waals surface area contributed by atoms with Gasteiger partial charge in [0.2, 0.25) is 5.91 Å². The van der Waals surface area contributed by atoms with E-state index in [0.29, 0.717) is 28.3 Å². The number of anilines is 1. The molecule has 130 valence electrons. The molecule has 0 aliphatic carbocycles. The first kappa shape index (κ1) is 17.3. The number of carbonyl (C=O) groups excluding carboxylic acids is 2. The molecule has 0 saturated heterocycles. The summed E-state index contributed by atoms with van der Waals surface area (Å²) in [5.41, 5.74) is 7.76. The molecule has 25 heavy (non-hydrogen) atoms. The molecule has 0 aromatic heterocycles. The molecular formula is C18H18ClN3O3. The van der Waals surface area contributed by atoms with Crippen molar-refractivity contribution in [3.63, 3.8) is 0 Å². The van der Waals surface area contributed by atoms with Crippen molar-refractivity contribution < 1.29 is 14.7 Å². The van der Waals surface area contributed by atoms with E-state index in [1.54, 1.807) is 43.4 Å². The largest absolute Gasteiger partial charge is 0.384 e. The Morgan fingerprint density at radius 3 is 2.64 bits per heavy atom. The molecule has 0 fully saturated rings. The number of hydrogen-bond donors (Lipinski definition) is 3. The summed E-state index contributed by atoms with van der Waals surface area (Å²) < 4.78 is 0. The topological polar surface area (TPSA) is 95.7 Å². The summed E-state index contributed by atoms with van der Waals surface area (Å²) >= 11 is 6.20. The number of halogens is 1. The molecule has 3 amide bonds. The Kier molecular flexibility index (Phi) is 4.65. The molecule has 0 spiro atoms. The Bertz CT molecular complexity index is 840. The number of carbonyl (C=O) groups is 2. The molecule has 1 heterocycles. The third-order valence-electron chi connectivity index (χ3n) is 4.35. The van der Waals surface area contributed by atoms with Crippen LogP contribution < -0.4 is 16.0 Å². The fourth-order valence-electron chi connectivity index (χ4n) is 3.21. The Morgan fingerprint density at radius 2 is 1.96 bits per heavy atom. The molecule has 7 heteroatoms. The number of para-hydroxylation sites is 1. The summed E-state index contributed by atoms with van der Waals surface area (Å²) in [6, 6.07) is 11.0. The van der Waals surface area contributed by atoms with E-state index in [-0.39, 0.29) is 5.91 Å². The van der Waals surface area contributed by atoms with Gasteiger partial charge in [-0.3, -0.25) is 4.79 Å². The predicted octanol–water partition coefficient (Wildman–Crippen LogP) is 1.98. The van der Waals surface area contributed by atoms with Crippen LogP contribution >= 0.6 is 11.6 Å². The van der Waals surface area contributed by atoms with Crippen LogP contribution in [0.15, 0.2) is 42.5 Å². The lowest BCUT2D eigenvalue weighted by molar-refractivity contribution is -0.120. The van der Waals surface area contributed by atoms with Crippen LogP contribution in [0.5, 0.6) is 0 Å². The number of rotatable bonds is 3. The normalized spacial score (nSPS) is 17.8. The number of aliphatic hydroxyl groups excluding tert-OH is 1. The molecule has 1 aliphatic rings. The van der Waals surface area contributed by atoms with Gasteiger partial charge in [0.05, 0.1) is 5.69 Å². The fraction of sp³-hybridized carbons (Fsp3) is 0.222. The van der Waals surface area contributed by atoms with Crippen LogP contribution in [0.3, 0.4) is 0 Å². The number of urea groups is 1. The number of fused-ring (bicyclic) bond motifs is 1. The van der Waals surface area contributed by atoms with Crippen molar-refractivity contribution in [1.29, 1.82) is 0 Å². The van der Waals surface area contributed by atoms with Crippen molar-refractivity contribution in [3.8, 4) is 0 Å². The SMILES string of the molecule is CN1C(=O)[C@H](NC(N)=O)Cc2cccc(C(O)c3ccccc3Cl)c21. The number of nitrogens with two attached hydrogens (primary N) is 1. The highest BCUT2D eigenvalue weighted by Crippen LogP contribution is 2.38. The van der Waals surface area contributed by atoms with E-state index in [9.17, 15) is 14.7 Å². The van der Waals surface area contributed by atoms with Gasteiger partial charge >= 0.3 is 6.03 Å². The molecule has 6 nitrogen and oxygen atoms in total. The lowest BCUT2D eigenvalue weighted by Gasteiger charge is -2.34. The second-order valence-electron chi connectivity index (χ2n) is 5.94. The van der Waals surface area contributed by atoms with Gasteiger partial charge in [-0.25, -0.2) is 4.79 Å². The summed E-state index contributed by atoms with van der Waals surface area (Å²) in [6.45, 7) is 0. The number of amides is 3. The molecule has 2 atom stereocenters. The van der Waals surface area contributed by atoms with Crippen LogP contribution in [-0.2, 0) is 11.2 Å². The maximum atomic E-state index is 12.5. The lowest BCUT2D eigenvalue weighted by atomic mass is 9.90. The highest BCUT2D eigenvalue weighted by molar-refractivity contribution is 6.31. The van der Waals surface area contributed by atoms with Gasteiger partial charge in [-0.15, -0.1) is 0 Å². The maximum Gasteiger partial charge on any atom is 0.312 e. The van der Waals surface area contributed by atoms with E-state index in [2.05, 4.69) is 5.32 Å². The minimum Gasteiger partial charge on any atom is -0.384 e. The number of nitrogens with zero attached hydrogens (tertiary/aromatic N) is 1. The molecule has 1 unspecified atom stereocenters. The van der Waals surface area contributed by atoms with Crippen molar-refractivity contribution in [2.75, 3.05) is 11.9 Å². The standard InChI is InChI=1S/C18H18ClN3O3/c1-22-15-10(9-14(17(22)24)21-18(20)25)5-4-7-12(15)16(23)11-6-2-3-8-13(11)19/h2-8,14,16,23H,9H2,1H3,(H3,20,21,25)/t14-,16?/m1/s1. The average molecular weight is 360 g/mol. The van der Waals surface area contributed by atoms with Gasteiger partial charge < -0.3 is 21.1 Å². The average Bonchev–Trinajstić information content (AvgIpc) is 2.58. The van der Waals surface area contributed by atoms with E-state index in [0.717, 1.165) is 5.56 Å². The van der Waals surface area contributed by atoms with E-state index < -0.39 is 18.2 Å². The first-order valence-corrected chi connectivity index (χ1v) is 8.15. The summed E-state index contributed by atoms with van der Waals surface area (Å²) in [5.74, 6) is -0.287. The van der Waals surface area contributed by atoms with E-state index in [1.165, 1.54) is 4.90 Å². The molecule has 4 N–H and O–H groups in total. The molecular weight excluding hydrogens is 342 g/mol. The molecule has 0 saturated carbocycles. The second-order valence-corrected chi connectivity index (χ2v) is 6.35. The molecule has 2 aromatic carbocycles. The Hall–Kier alpha value is -2.57. The molecule has 2 aromatic rings. The Balaban J connectivity index is 2.04. The number of hydrogen-bond acceptors (Lipinski definition) is 3. The molecule has 0 bridgehead atoms. The van der Waals surface area contributed by atoms with Gasteiger partial charge in [-0.1, -0.05) is 48.0 Å². The predicted molar refractivity (Wildman–Crippen MR) is 95.6 cm³/mol. The third-order valence-corrected chi connectivity index (χ3v) is 4.69. The minimum absolute atomic E-state index is 0.287. The van der Waals surface area contributed by atoms with Gasteiger partial charge in [0.25, 0.3) is 0 Å². The van der Waals surface area contributed by atoms with Crippen LogP contribution in [0.25, 0.3) is 0 Å².